The zero-order valence-corrected chi connectivity index (χ0v) is 24.0. The van der Waals surface area contributed by atoms with Gasteiger partial charge in [-0.3, -0.25) is 14.3 Å². The van der Waals surface area contributed by atoms with Crippen LogP contribution in [0.2, 0.25) is 0 Å². The largest absolute Gasteiger partial charge is 0.388 e. The van der Waals surface area contributed by atoms with Gasteiger partial charge in [-0.05, 0) is 40.4 Å². The van der Waals surface area contributed by atoms with Gasteiger partial charge in [-0.1, -0.05) is 18.2 Å². The maximum absolute atomic E-state index is 16.3. The van der Waals surface area contributed by atoms with Crippen LogP contribution in [0, 0.1) is 19.4 Å². The Kier molecular flexibility index (Phi) is 12.2. The fraction of sp³-hybridized carbons (Fsp3) is 0.625. The van der Waals surface area contributed by atoms with Crippen molar-refractivity contribution in [3.63, 3.8) is 0 Å². The molecule has 3 N–H and O–H groups in total. The fourth-order valence-corrected chi connectivity index (χ4v) is 6.56. The van der Waals surface area contributed by atoms with Gasteiger partial charge in [0.05, 0.1) is 6.04 Å². The first kappa shape index (κ1) is 32.3. The zero-order chi connectivity index (χ0) is 28.6. The highest BCUT2D eigenvalue weighted by Crippen LogP contribution is 2.51. The van der Waals surface area contributed by atoms with Gasteiger partial charge in [0.2, 0.25) is 6.54 Å². The Balaban J connectivity index is 2.58. The van der Waals surface area contributed by atoms with Crippen molar-refractivity contribution in [3.05, 3.63) is 68.1 Å². The lowest BCUT2D eigenvalue weighted by Crippen LogP contribution is -2.45. The predicted molar refractivity (Wildman–Crippen MR) is 145 cm³/mol. The van der Waals surface area contributed by atoms with E-state index < -0.39 is 63.8 Å². The second-order valence-electron chi connectivity index (χ2n) is 9.54. The first-order chi connectivity index (χ1) is 17.9. The Bertz CT molecular complexity index is 1180. The summed E-state index contributed by atoms with van der Waals surface area (Å²) < 4.78 is 44.2. The SMILES string of the molecule is [C-]#[N+]CCOP(O[C@@H]1C(/C=C/P(=O)(CO)CO)C=C[C@@H](n2cc(C)c(=O)[nH]c2=O)[C@@H]1F)N(C(C)C)C(C)C. The molecule has 0 saturated carbocycles. The molecule has 11 nitrogen and oxygen atoms in total. The van der Waals surface area contributed by atoms with E-state index in [2.05, 4.69) is 9.83 Å². The minimum atomic E-state index is -3.44. The smallest absolute Gasteiger partial charge is 0.328 e. The van der Waals surface area contributed by atoms with Crippen LogP contribution in [0.1, 0.15) is 39.3 Å². The third-order valence-electron chi connectivity index (χ3n) is 5.94. The number of halogens is 1. The molecule has 1 aromatic rings. The van der Waals surface area contributed by atoms with E-state index in [1.54, 1.807) is 6.08 Å². The Hall–Kier alpha value is -1.96. The molecule has 0 bridgehead atoms. The number of H-pyrrole nitrogens is 1. The van der Waals surface area contributed by atoms with Crippen LogP contribution in [-0.4, -0.2) is 74.6 Å². The van der Waals surface area contributed by atoms with Gasteiger partial charge in [-0.2, -0.15) is 0 Å². The van der Waals surface area contributed by atoms with Crippen LogP contribution in [0.4, 0.5) is 4.39 Å². The van der Waals surface area contributed by atoms with Gasteiger partial charge in [-0.15, -0.1) is 0 Å². The van der Waals surface area contributed by atoms with Gasteiger partial charge < -0.3 is 28.7 Å². The van der Waals surface area contributed by atoms with Gasteiger partial charge in [-0.25, -0.2) is 20.4 Å². The van der Waals surface area contributed by atoms with E-state index in [0.29, 0.717) is 0 Å². The Morgan fingerprint density at radius 1 is 1.26 bits per heavy atom. The fourth-order valence-electron chi connectivity index (χ4n) is 4.01. The molecule has 1 heterocycles. The lowest BCUT2D eigenvalue weighted by molar-refractivity contribution is 0.0329. The van der Waals surface area contributed by atoms with Crippen LogP contribution in [0.5, 0.6) is 0 Å². The predicted octanol–water partition coefficient (Wildman–Crippen LogP) is 3.35. The molecule has 2 unspecified atom stereocenters. The summed E-state index contributed by atoms with van der Waals surface area (Å²) in [6.07, 6.45) is 1.21. The average molecular weight is 575 g/mol. The van der Waals surface area contributed by atoms with Crippen molar-refractivity contribution < 1.29 is 28.2 Å². The molecular formula is C24H37FN4O7P2. The van der Waals surface area contributed by atoms with E-state index in [0.717, 1.165) is 4.57 Å². The Labute approximate surface area is 223 Å². The normalized spacial score (nSPS) is 23.0. The second kappa shape index (κ2) is 14.4. The number of aryl methyl sites for hydroxylation is 1. The highest BCUT2D eigenvalue weighted by atomic mass is 31.2. The molecule has 0 amide bonds. The summed E-state index contributed by atoms with van der Waals surface area (Å²) in [5.41, 5.74) is -1.12. The molecule has 0 saturated heterocycles. The molecule has 1 aliphatic carbocycles. The minimum Gasteiger partial charge on any atom is -0.388 e. The molecule has 2 rings (SSSR count). The number of aliphatic hydroxyl groups is 2. The molecule has 5 atom stereocenters. The third-order valence-corrected chi connectivity index (χ3v) is 9.74. The molecule has 0 radical (unpaired) electrons. The van der Waals surface area contributed by atoms with Crippen LogP contribution < -0.4 is 11.2 Å². The molecule has 1 aliphatic rings. The van der Waals surface area contributed by atoms with E-state index in [-0.39, 0.29) is 30.8 Å². The summed E-state index contributed by atoms with van der Waals surface area (Å²) in [5.74, 6) is 0.398. The first-order valence-electron chi connectivity index (χ1n) is 12.2. The van der Waals surface area contributed by atoms with Crippen molar-refractivity contribution >= 4 is 15.7 Å². The van der Waals surface area contributed by atoms with Crippen molar-refractivity contribution in [2.75, 3.05) is 25.8 Å². The van der Waals surface area contributed by atoms with Crippen LogP contribution in [-0.2, 0) is 13.6 Å². The van der Waals surface area contributed by atoms with Crippen LogP contribution in [0.15, 0.2) is 39.8 Å². The number of hydrogen-bond donors (Lipinski definition) is 3. The number of rotatable bonds is 13. The van der Waals surface area contributed by atoms with Crippen molar-refractivity contribution in [2.24, 2.45) is 5.92 Å². The van der Waals surface area contributed by atoms with Crippen LogP contribution in [0.25, 0.3) is 4.85 Å². The monoisotopic (exact) mass is 574 g/mol. The van der Waals surface area contributed by atoms with Crippen molar-refractivity contribution in [1.82, 2.24) is 14.2 Å². The molecule has 38 heavy (non-hydrogen) atoms. The Morgan fingerprint density at radius 3 is 2.45 bits per heavy atom. The maximum Gasteiger partial charge on any atom is 0.328 e. The number of aliphatic hydroxyl groups excluding tert-OH is 2. The standard InChI is InChI=1S/C24H37FN4O7P2/c1-16(2)29(17(3)4)37(35-11-10-26-6)36-22-19(9-12-38(34,14-30)15-31)7-8-20(21(22)25)28-13-18(5)23(32)27-24(28)33/h7-9,12-13,16-17,19-22,30-31H,10-11,14-15H2,1-5H3,(H,27,32,33)/b12-9+/t19?,20-,21+,22-,37?/m1/s1. The summed E-state index contributed by atoms with van der Waals surface area (Å²) >= 11 is 0. The summed E-state index contributed by atoms with van der Waals surface area (Å²) in [6, 6.07) is -1.23. The molecule has 0 aliphatic heterocycles. The van der Waals surface area contributed by atoms with Gasteiger partial charge in [0, 0.05) is 29.8 Å². The molecule has 14 heteroatoms. The first-order valence-corrected chi connectivity index (χ1v) is 15.5. The lowest BCUT2D eigenvalue weighted by Gasteiger charge is -2.41. The number of hydrogen-bond acceptors (Lipinski definition) is 8. The summed E-state index contributed by atoms with van der Waals surface area (Å²) in [6.45, 7) is 16.5. The zero-order valence-electron chi connectivity index (χ0n) is 22.2. The van der Waals surface area contributed by atoms with Gasteiger partial charge in [0.25, 0.3) is 14.1 Å². The number of nitrogens with zero attached hydrogens (tertiary/aromatic N) is 3. The highest BCUT2D eigenvalue weighted by Gasteiger charge is 2.42. The maximum atomic E-state index is 16.3. The van der Waals surface area contributed by atoms with Crippen molar-refractivity contribution in [1.29, 1.82) is 0 Å². The van der Waals surface area contributed by atoms with Gasteiger partial charge in [0.1, 0.15) is 25.4 Å². The van der Waals surface area contributed by atoms with E-state index in [9.17, 15) is 24.4 Å². The Morgan fingerprint density at radius 2 is 1.89 bits per heavy atom. The number of allylic oxidation sites excluding steroid dienone is 1. The van der Waals surface area contributed by atoms with E-state index in [1.165, 1.54) is 31.1 Å². The molecule has 212 valence electrons. The topological polar surface area (TPSA) is 138 Å². The van der Waals surface area contributed by atoms with Crippen molar-refractivity contribution in [3.8, 4) is 0 Å². The van der Waals surface area contributed by atoms with E-state index >= 15 is 4.39 Å². The van der Waals surface area contributed by atoms with Crippen LogP contribution in [0.3, 0.4) is 0 Å². The lowest BCUT2D eigenvalue weighted by atomic mass is 9.88. The van der Waals surface area contributed by atoms with Gasteiger partial charge >= 0.3 is 5.69 Å². The molecule has 0 aromatic carbocycles. The molecule has 0 fully saturated rings. The highest BCUT2D eigenvalue weighted by molar-refractivity contribution is 7.66. The number of aromatic nitrogens is 2. The number of aromatic amines is 1. The van der Waals surface area contributed by atoms with E-state index in [1.807, 2.05) is 32.4 Å². The summed E-state index contributed by atoms with van der Waals surface area (Å²) in [5, 5.41) is 18.9. The van der Waals surface area contributed by atoms with Crippen molar-refractivity contribution in [2.45, 2.75) is 65.0 Å². The van der Waals surface area contributed by atoms with E-state index in [4.69, 9.17) is 15.6 Å². The second-order valence-corrected chi connectivity index (χ2v) is 13.7. The number of nitrogens with one attached hydrogen (secondary N) is 1. The molecule has 1 aromatic heterocycles. The molecular weight excluding hydrogens is 537 g/mol. The van der Waals surface area contributed by atoms with Gasteiger partial charge in [0.15, 0.2) is 13.3 Å². The summed E-state index contributed by atoms with van der Waals surface area (Å²) in [4.78, 5) is 29.9. The minimum absolute atomic E-state index is 0.0514. The molecule has 0 spiro atoms. The quantitative estimate of drug-likeness (QED) is 0.141. The third kappa shape index (κ3) is 8.03. The average Bonchev–Trinajstić information content (AvgIpc) is 2.86. The number of alkyl halides is 1. The summed E-state index contributed by atoms with van der Waals surface area (Å²) in [7, 11) is -5.31. The van der Waals surface area contributed by atoms with Crippen LogP contribution >= 0.6 is 15.7 Å².